The van der Waals surface area contributed by atoms with Crippen LogP contribution in [-0.4, -0.2) is 36.2 Å². The molecule has 0 saturated heterocycles. The van der Waals surface area contributed by atoms with Gasteiger partial charge in [0.1, 0.15) is 24.1 Å². The standard InChI is InChI=1S/C23H27ClFN5O2/c1-14-6-4-9-20(15(14)2)30(11-17-18(24)7-5-8-19(17)25)21(31)12-29-13-26-22-16(23(29)32)10-27-28(22)3/h5,7-8,10,13-15,20H,4,6,9,11-12H2,1-3H3/t14-,15+,20+/m1/s1. The molecule has 3 atom stereocenters. The van der Waals surface area contributed by atoms with Crippen LogP contribution in [-0.2, 0) is 24.9 Å². The first-order valence-electron chi connectivity index (χ1n) is 10.9. The molecular formula is C23H27ClFN5O2. The second-order valence-electron chi connectivity index (χ2n) is 8.74. The summed E-state index contributed by atoms with van der Waals surface area (Å²) >= 11 is 6.28. The van der Waals surface area contributed by atoms with Gasteiger partial charge in [0, 0.05) is 23.7 Å². The predicted octanol–water partition coefficient (Wildman–Crippen LogP) is 3.78. The molecule has 0 radical (unpaired) electrons. The van der Waals surface area contributed by atoms with Crippen LogP contribution >= 0.6 is 11.6 Å². The Bertz CT molecular complexity index is 1190. The molecule has 32 heavy (non-hydrogen) atoms. The van der Waals surface area contributed by atoms with Crippen molar-refractivity contribution in [3.8, 4) is 0 Å². The summed E-state index contributed by atoms with van der Waals surface area (Å²) in [6.07, 6.45) is 5.74. The Morgan fingerprint density at radius 1 is 1.31 bits per heavy atom. The molecule has 0 unspecified atom stereocenters. The van der Waals surface area contributed by atoms with Crippen molar-refractivity contribution in [2.24, 2.45) is 18.9 Å². The van der Waals surface area contributed by atoms with E-state index in [2.05, 4.69) is 23.9 Å². The van der Waals surface area contributed by atoms with Gasteiger partial charge in [-0.3, -0.25) is 18.8 Å². The molecule has 2 aromatic heterocycles. The lowest BCUT2D eigenvalue weighted by atomic mass is 9.77. The van der Waals surface area contributed by atoms with Crippen LogP contribution in [0.25, 0.3) is 11.0 Å². The van der Waals surface area contributed by atoms with E-state index in [9.17, 15) is 14.0 Å². The molecule has 0 spiro atoms. The average Bonchev–Trinajstić information content (AvgIpc) is 3.14. The number of carbonyl (C=O) groups excluding carboxylic acids is 1. The maximum absolute atomic E-state index is 14.6. The van der Waals surface area contributed by atoms with Crippen LogP contribution in [0.5, 0.6) is 0 Å². The van der Waals surface area contributed by atoms with Crippen LogP contribution < -0.4 is 5.56 Å². The van der Waals surface area contributed by atoms with E-state index in [1.807, 2.05) is 0 Å². The molecule has 3 aromatic rings. The van der Waals surface area contributed by atoms with E-state index in [0.717, 1.165) is 19.3 Å². The van der Waals surface area contributed by atoms with Gasteiger partial charge in [-0.05, 0) is 30.4 Å². The van der Waals surface area contributed by atoms with Gasteiger partial charge < -0.3 is 4.90 Å². The van der Waals surface area contributed by atoms with Gasteiger partial charge in [0.15, 0.2) is 5.65 Å². The third-order valence-corrected chi connectivity index (χ3v) is 7.15. The second kappa shape index (κ2) is 9.02. The van der Waals surface area contributed by atoms with Gasteiger partial charge in [-0.2, -0.15) is 5.10 Å². The molecular weight excluding hydrogens is 433 g/mol. The van der Waals surface area contributed by atoms with E-state index < -0.39 is 5.82 Å². The lowest BCUT2D eigenvalue weighted by Gasteiger charge is -2.42. The highest BCUT2D eigenvalue weighted by atomic mass is 35.5. The number of nitrogens with zero attached hydrogens (tertiary/aromatic N) is 5. The number of benzene rings is 1. The van der Waals surface area contributed by atoms with Gasteiger partial charge in [-0.25, -0.2) is 9.37 Å². The lowest BCUT2D eigenvalue weighted by Crippen LogP contribution is -2.48. The Morgan fingerprint density at radius 2 is 2.09 bits per heavy atom. The summed E-state index contributed by atoms with van der Waals surface area (Å²) in [6.45, 7) is 4.19. The van der Waals surface area contributed by atoms with Crippen LogP contribution in [0.4, 0.5) is 4.39 Å². The van der Waals surface area contributed by atoms with Crippen molar-refractivity contribution in [3.05, 3.63) is 57.5 Å². The van der Waals surface area contributed by atoms with Crippen LogP contribution in [0, 0.1) is 17.7 Å². The SMILES string of the molecule is C[C@H]1[C@H](C)CCC[C@@H]1N(Cc1c(F)cccc1Cl)C(=O)Cn1cnc2c(cnn2C)c1=O. The van der Waals surface area contributed by atoms with E-state index in [1.165, 1.54) is 27.8 Å². The molecule has 1 fully saturated rings. The van der Waals surface area contributed by atoms with Gasteiger partial charge in [0.05, 0.1) is 12.7 Å². The van der Waals surface area contributed by atoms with Crippen molar-refractivity contribution in [3.63, 3.8) is 0 Å². The van der Waals surface area contributed by atoms with E-state index in [-0.39, 0.29) is 41.5 Å². The number of hydrogen-bond acceptors (Lipinski definition) is 4. The number of amides is 1. The first-order valence-corrected chi connectivity index (χ1v) is 11.2. The molecule has 0 aliphatic heterocycles. The normalized spacial score (nSPS) is 21.1. The maximum Gasteiger partial charge on any atom is 0.264 e. The van der Waals surface area contributed by atoms with Crippen LogP contribution in [0.1, 0.15) is 38.7 Å². The van der Waals surface area contributed by atoms with Crippen molar-refractivity contribution in [2.75, 3.05) is 0 Å². The van der Waals surface area contributed by atoms with Gasteiger partial charge >= 0.3 is 0 Å². The highest BCUT2D eigenvalue weighted by Crippen LogP contribution is 2.34. The lowest BCUT2D eigenvalue weighted by molar-refractivity contribution is -0.137. The van der Waals surface area contributed by atoms with E-state index in [1.54, 1.807) is 24.1 Å². The molecule has 1 saturated carbocycles. The first kappa shape index (κ1) is 22.5. The Labute approximate surface area is 190 Å². The number of rotatable bonds is 5. The third kappa shape index (κ3) is 4.16. The topological polar surface area (TPSA) is 73.0 Å². The molecule has 170 valence electrons. The van der Waals surface area contributed by atoms with Gasteiger partial charge in [0.25, 0.3) is 5.56 Å². The van der Waals surface area contributed by atoms with Crippen molar-refractivity contribution in [2.45, 2.75) is 52.2 Å². The summed E-state index contributed by atoms with van der Waals surface area (Å²) in [5.41, 5.74) is 0.426. The van der Waals surface area contributed by atoms with Gasteiger partial charge in [-0.15, -0.1) is 0 Å². The summed E-state index contributed by atoms with van der Waals surface area (Å²) in [6, 6.07) is 4.46. The summed E-state index contributed by atoms with van der Waals surface area (Å²) < 4.78 is 17.4. The van der Waals surface area contributed by atoms with Crippen molar-refractivity contribution in [1.29, 1.82) is 0 Å². The number of aromatic nitrogens is 4. The molecule has 7 nitrogen and oxygen atoms in total. The number of fused-ring (bicyclic) bond motifs is 1. The highest BCUT2D eigenvalue weighted by Gasteiger charge is 2.35. The van der Waals surface area contributed by atoms with Gasteiger partial charge in [-0.1, -0.05) is 44.4 Å². The molecule has 0 bridgehead atoms. The number of aryl methyl sites for hydroxylation is 1. The minimum atomic E-state index is -0.442. The minimum Gasteiger partial charge on any atom is -0.333 e. The maximum atomic E-state index is 14.6. The van der Waals surface area contributed by atoms with Crippen LogP contribution in [0.15, 0.2) is 35.5 Å². The molecule has 1 aliphatic carbocycles. The molecule has 9 heteroatoms. The fourth-order valence-electron chi connectivity index (χ4n) is 4.65. The molecule has 1 amide bonds. The van der Waals surface area contributed by atoms with E-state index in [4.69, 9.17) is 11.6 Å². The number of hydrogen-bond donors (Lipinski definition) is 0. The highest BCUT2D eigenvalue weighted by molar-refractivity contribution is 6.31. The quantitative estimate of drug-likeness (QED) is 0.582. The third-order valence-electron chi connectivity index (χ3n) is 6.80. The zero-order chi connectivity index (χ0) is 23.0. The fraction of sp³-hybridized carbons (Fsp3) is 0.478. The second-order valence-corrected chi connectivity index (χ2v) is 9.15. The monoisotopic (exact) mass is 459 g/mol. The minimum absolute atomic E-state index is 0.0589. The summed E-state index contributed by atoms with van der Waals surface area (Å²) in [5.74, 6) is -0.0185. The molecule has 1 aromatic carbocycles. The summed E-state index contributed by atoms with van der Waals surface area (Å²) in [7, 11) is 1.70. The Balaban J connectivity index is 1.68. The Kier molecular flexibility index (Phi) is 6.33. The number of carbonyl (C=O) groups is 1. The molecule has 2 heterocycles. The molecule has 1 aliphatic rings. The van der Waals surface area contributed by atoms with E-state index in [0.29, 0.717) is 22.5 Å². The fourth-order valence-corrected chi connectivity index (χ4v) is 4.88. The van der Waals surface area contributed by atoms with Crippen molar-refractivity contribution >= 4 is 28.5 Å². The number of halogens is 2. The van der Waals surface area contributed by atoms with E-state index >= 15 is 0 Å². The Hall–Kier alpha value is -2.74. The molecule has 0 N–H and O–H groups in total. The van der Waals surface area contributed by atoms with Crippen LogP contribution in [0.3, 0.4) is 0 Å². The zero-order valence-electron chi connectivity index (χ0n) is 18.5. The smallest absolute Gasteiger partial charge is 0.264 e. The predicted molar refractivity (Wildman–Crippen MR) is 121 cm³/mol. The zero-order valence-corrected chi connectivity index (χ0v) is 19.2. The van der Waals surface area contributed by atoms with Crippen molar-refractivity contribution < 1.29 is 9.18 Å². The van der Waals surface area contributed by atoms with Crippen molar-refractivity contribution in [1.82, 2.24) is 24.2 Å². The average molecular weight is 460 g/mol. The van der Waals surface area contributed by atoms with Crippen LogP contribution in [0.2, 0.25) is 5.02 Å². The summed E-state index contributed by atoms with van der Waals surface area (Å²) in [4.78, 5) is 32.4. The first-order chi connectivity index (χ1) is 15.3. The summed E-state index contributed by atoms with van der Waals surface area (Å²) in [5, 5.41) is 4.71. The Morgan fingerprint density at radius 3 is 2.84 bits per heavy atom. The van der Waals surface area contributed by atoms with Gasteiger partial charge in [0.2, 0.25) is 5.91 Å². The molecule has 4 rings (SSSR count). The largest absolute Gasteiger partial charge is 0.333 e.